The van der Waals surface area contributed by atoms with Crippen molar-refractivity contribution in [2.45, 2.75) is 25.8 Å². The number of carbonyl (C=O) groups is 2. The molecule has 0 aromatic carbocycles. The van der Waals surface area contributed by atoms with Gasteiger partial charge in [0, 0.05) is 6.54 Å². The van der Waals surface area contributed by atoms with Crippen molar-refractivity contribution in [2.24, 2.45) is 11.7 Å². The van der Waals surface area contributed by atoms with Crippen LogP contribution in [0, 0.1) is 17.2 Å². The summed E-state index contributed by atoms with van der Waals surface area (Å²) in [6, 6.07) is 1.42. The molecule has 0 aromatic rings. The van der Waals surface area contributed by atoms with Crippen LogP contribution in [0.1, 0.15) is 19.8 Å². The van der Waals surface area contributed by atoms with Gasteiger partial charge in [0.15, 0.2) is 0 Å². The number of carbonyl (C=O) groups excluding carboxylic acids is 2. The number of nitriles is 1. The Labute approximate surface area is 82.5 Å². The lowest BCUT2D eigenvalue weighted by Crippen LogP contribution is -2.58. The van der Waals surface area contributed by atoms with Crippen LogP contribution in [0.2, 0.25) is 0 Å². The van der Waals surface area contributed by atoms with E-state index in [9.17, 15) is 9.59 Å². The molecule has 76 valence electrons. The molecule has 0 bridgehead atoms. The molecule has 0 aromatic heterocycles. The third-order valence-corrected chi connectivity index (χ3v) is 2.49. The van der Waals surface area contributed by atoms with Crippen molar-refractivity contribution in [1.29, 1.82) is 5.26 Å². The smallest absolute Gasteiger partial charge is 0.240 e. The van der Waals surface area contributed by atoms with Crippen molar-refractivity contribution >= 4 is 11.8 Å². The molecule has 5 nitrogen and oxygen atoms in total. The van der Waals surface area contributed by atoms with Crippen LogP contribution in [0.5, 0.6) is 0 Å². The van der Waals surface area contributed by atoms with E-state index in [-0.39, 0.29) is 5.91 Å². The van der Waals surface area contributed by atoms with Crippen LogP contribution in [0.15, 0.2) is 0 Å². The minimum atomic E-state index is -0.642. The lowest BCUT2D eigenvalue weighted by atomic mass is 9.98. The molecular weight excluding hydrogens is 182 g/mol. The first-order chi connectivity index (χ1) is 6.61. The summed E-state index contributed by atoms with van der Waals surface area (Å²) in [5, 5.41) is 8.68. The van der Waals surface area contributed by atoms with Crippen molar-refractivity contribution in [3.8, 4) is 6.07 Å². The van der Waals surface area contributed by atoms with Crippen LogP contribution in [0.4, 0.5) is 0 Å². The monoisotopic (exact) mass is 195 g/mol. The van der Waals surface area contributed by atoms with E-state index in [4.69, 9.17) is 11.0 Å². The average molecular weight is 195 g/mol. The summed E-state index contributed by atoms with van der Waals surface area (Å²) in [4.78, 5) is 23.8. The SMILES string of the molecule is CCC(C#N)C(=O)N1CCC1C(N)=O. The summed E-state index contributed by atoms with van der Waals surface area (Å²) in [5.41, 5.74) is 5.09. The fourth-order valence-corrected chi connectivity index (χ4v) is 1.47. The molecule has 1 rings (SSSR count). The lowest BCUT2D eigenvalue weighted by Gasteiger charge is -2.39. The molecule has 1 heterocycles. The van der Waals surface area contributed by atoms with Gasteiger partial charge in [0.05, 0.1) is 6.07 Å². The second kappa shape index (κ2) is 4.09. The van der Waals surface area contributed by atoms with E-state index in [1.165, 1.54) is 4.90 Å². The summed E-state index contributed by atoms with van der Waals surface area (Å²) >= 11 is 0. The zero-order valence-corrected chi connectivity index (χ0v) is 8.06. The van der Waals surface area contributed by atoms with Gasteiger partial charge in [-0.25, -0.2) is 0 Å². The molecule has 1 aliphatic heterocycles. The molecule has 0 radical (unpaired) electrons. The van der Waals surface area contributed by atoms with Gasteiger partial charge in [0.2, 0.25) is 11.8 Å². The number of likely N-dealkylation sites (tertiary alicyclic amines) is 1. The Kier molecular flexibility index (Phi) is 3.07. The van der Waals surface area contributed by atoms with E-state index < -0.39 is 17.9 Å². The van der Waals surface area contributed by atoms with Crippen molar-refractivity contribution in [2.75, 3.05) is 6.54 Å². The minimum Gasteiger partial charge on any atom is -0.368 e. The predicted molar refractivity (Wildman–Crippen MR) is 48.7 cm³/mol. The Morgan fingerprint density at radius 2 is 2.36 bits per heavy atom. The quantitative estimate of drug-likeness (QED) is 0.666. The highest BCUT2D eigenvalue weighted by molar-refractivity contribution is 5.90. The average Bonchev–Trinajstić information content (AvgIpc) is 2.02. The van der Waals surface area contributed by atoms with Gasteiger partial charge in [-0.3, -0.25) is 9.59 Å². The number of nitrogens with zero attached hydrogens (tertiary/aromatic N) is 2. The third kappa shape index (κ3) is 1.69. The van der Waals surface area contributed by atoms with E-state index in [1.807, 2.05) is 6.07 Å². The zero-order valence-electron chi connectivity index (χ0n) is 8.06. The highest BCUT2D eigenvalue weighted by Gasteiger charge is 2.38. The largest absolute Gasteiger partial charge is 0.368 e. The third-order valence-electron chi connectivity index (χ3n) is 2.49. The van der Waals surface area contributed by atoms with Crippen molar-refractivity contribution in [3.05, 3.63) is 0 Å². The van der Waals surface area contributed by atoms with Crippen LogP contribution < -0.4 is 5.73 Å². The Hall–Kier alpha value is -1.57. The number of hydrogen-bond acceptors (Lipinski definition) is 3. The first-order valence-electron chi connectivity index (χ1n) is 4.61. The number of nitrogens with two attached hydrogens (primary N) is 1. The van der Waals surface area contributed by atoms with E-state index in [0.29, 0.717) is 19.4 Å². The normalized spacial score (nSPS) is 22.0. The Morgan fingerprint density at radius 3 is 2.64 bits per heavy atom. The molecular formula is C9H13N3O2. The second-order valence-electron chi connectivity index (χ2n) is 3.33. The van der Waals surface area contributed by atoms with E-state index >= 15 is 0 Å². The summed E-state index contributed by atoms with van der Waals surface area (Å²) in [7, 11) is 0. The number of primary amides is 1. The van der Waals surface area contributed by atoms with Crippen LogP contribution in [-0.4, -0.2) is 29.3 Å². The maximum absolute atomic E-state index is 11.6. The summed E-state index contributed by atoms with van der Waals surface area (Å²) in [6.45, 7) is 2.30. The number of hydrogen-bond donors (Lipinski definition) is 1. The van der Waals surface area contributed by atoms with Gasteiger partial charge in [0.25, 0.3) is 0 Å². The van der Waals surface area contributed by atoms with Gasteiger partial charge in [-0.1, -0.05) is 6.92 Å². The van der Waals surface area contributed by atoms with Crippen LogP contribution in [-0.2, 0) is 9.59 Å². The lowest BCUT2D eigenvalue weighted by molar-refractivity contribution is -0.148. The highest BCUT2D eigenvalue weighted by Crippen LogP contribution is 2.20. The molecule has 1 saturated heterocycles. The van der Waals surface area contributed by atoms with Gasteiger partial charge in [-0.2, -0.15) is 5.26 Å². The molecule has 2 N–H and O–H groups in total. The fourth-order valence-electron chi connectivity index (χ4n) is 1.47. The fraction of sp³-hybridized carbons (Fsp3) is 0.667. The first-order valence-corrected chi connectivity index (χ1v) is 4.61. The van der Waals surface area contributed by atoms with Gasteiger partial charge in [0.1, 0.15) is 12.0 Å². The summed E-state index contributed by atoms with van der Waals surface area (Å²) in [6.07, 6.45) is 1.08. The van der Waals surface area contributed by atoms with Gasteiger partial charge >= 0.3 is 0 Å². The van der Waals surface area contributed by atoms with Crippen LogP contribution in [0.3, 0.4) is 0 Å². The van der Waals surface area contributed by atoms with Crippen LogP contribution in [0.25, 0.3) is 0 Å². The molecule has 0 spiro atoms. The van der Waals surface area contributed by atoms with Crippen molar-refractivity contribution < 1.29 is 9.59 Å². The van der Waals surface area contributed by atoms with E-state index in [1.54, 1.807) is 6.92 Å². The minimum absolute atomic E-state index is 0.273. The first kappa shape index (κ1) is 10.5. The molecule has 0 saturated carbocycles. The standard InChI is InChI=1S/C9H13N3O2/c1-2-6(5-10)9(14)12-4-3-7(12)8(11)13/h6-7H,2-4H2,1H3,(H2,11,13). The summed E-state index contributed by atoms with van der Waals surface area (Å²) < 4.78 is 0. The molecule has 5 heteroatoms. The molecule has 14 heavy (non-hydrogen) atoms. The zero-order chi connectivity index (χ0) is 10.7. The molecule has 1 fully saturated rings. The van der Waals surface area contributed by atoms with Crippen molar-refractivity contribution in [1.82, 2.24) is 4.90 Å². The maximum Gasteiger partial charge on any atom is 0.240 e. The molecule has 0 aliphatic carbocycles. The van der Waals surface area contributed by atoms with Crippen LogP contribution >= 0.6 is 0 Å². The topological polar surface area (TPSA) is 87.2 Å². The highest BCUT2D eigenvalue weighted by atomic mass is 16.2. The molecule has 1 aliphatic rings. The predicted octanol–water partition coefficient (Wildman–Crippen LogP) is -0.378. The molecule has 2 unspecified atom stereocenters. The molecule has 2 atom stereocenters. The Bertz CT molecular complexity index is 295. The number of amides is 2. The Morgan fingerprint density at radius 1 is 1.71 bits per heavy atom. The van der Waals surface area contributed by atoms with Crippen molar-refractivity contribution in [3.63, 3.8) is 0 Å². The van der Waals surface area contributed by atoms with E-state index in [0.717, 1.165) is 0 Å². The Balaban J connectivity index is 2.63. The van der Waals surface area contributed by atoms with E-state index in [2.05, 4.69) is 0 Å². The van der Waals surface area contributed by atoms with Gasteiger partial charge in [-0.05, 0) is 12.8 Å². The van der Waals surface area contributed by atoms with Gasteiger partial charge < -0.3 is 10.6 Å². The second-order valence-corrected chi connectivity index (χ2v) is 3.33. The summed E-state index contributed by atoms with van der Waals surface area (Å²) in [5.74, 6) is -1.40. The maximum atomic E-state index is 11.6. The molecule has 2 amide bonds. The number of rotatable bonds is 3. The van der Waals surface area contributed by atoms with Gasteiger partial charge in [-0.15, -0.1) is 0 Å².